The fraction of sp³-hybridized carbons (Fsp3) is 0.355. The second kappa shape index (κ2) is 13.8. The fourth-order valence-corrected chi connectivity index (χ4v) is 6.06. The standard InChI is InChI=1S/C31H38ClN3O4S/c1-6-16-33-31(37)29(7-2)34(20-25-10-12-26(32)13-11-25)30(36)21-35(27-18-23(4)17-24(5)19-27)40(38,39)28-14-8-22(3)9-15-28/h8-15,17-19,29H,6-7,16,20-21H2,1-5H3,(H,33,37)/t29-/m1/s1. The summed E-state index contributed by atoms with van der Waals surface area (Å²) < 4.78 is 29.1. The Morgan fingerprint density at radius 1 is 0.875 bits per heavy atom. The highest BCUT2D eigenvalue weighted by atomic mass is 35.5. The van der Waals surface area contributed by atoms with Gasteiger partial charge in [0.25, 0.3) is 10.0 Å². The molecule has 0 spiro atoms. The van der Waals surface area contributed by atoms with E-state index in [2.05, 4.69) is 5.32 Å². The summed E-state index contributed by atoms with van der Waals surface area (Å²) in [6, 6.07) is 18.3. The number of hydrogen-bond acceptors (Lipinski definition) is 4. The van der Waals surface area contributed by atoms with Crippen LogP contribution in [-0.2, 0) is 26.2 Å². The molecule has 0 saturated heterocycles. The largest absolute Gasteiger partial charge is 0.354 e. The lowest BCUT2D eigenvalue weighted by Gasteiger charge is -2.33. The Morgan fingerprint density at radius 3 is 2.02 bits per heavy atom. The molecule has 40 heavy (non-hydrogen) atoms. The third kappa shape index (κ3) is 7.86. The first-order chi connectivity index (χ1) is 19.0. The smallest absolute Gasteiger partial charge is 0.264 e. The van der Waals surface area contributed by atoms with Crippen LogP contribution in [0.25, 0.3) is 0 Å². The molecule has 0 heterocycles. The van der Waals surface area contributed by atoms with E-state index in [1.165, 1.54) is 4.90 Å². The Morgan fingerprint density at radius 2 is 1.48 bits per heavy atom. The van der Waals surface area contributed by atoms with Gasteiger partial charge in [0, 0.05) is 18.1 Å². The van der Waals surface area contributed by atoms with E-state index >= 15 is 0 Å². The Labute approximate surface area is 243 Å². The van der Waals surface area contributed by atoms with Crippen LogP contribution in [0.2, 0.25) is 5.02 Å². The molecule has 1 atom stereocenters. The van der Waals surface area contributed by atoms with Gasteiger partial charge in [-0.3, -0.25) is 13.9 Å². The van der Waals surface area contributed by atoms with E-state index < -0.39 is 28.5 Å². The van der Waals surface area contributed by atoms with Crippen molar-refractivity contribution < 1.29 is 18.0 Å². The molecule has 7 nitrogen and oxygen atoms in total. The van der Waals surface area contributed by atoms with Crippen LogP contribution in [0.1, 0.15) is 48.9 Å². The summed E-state index contributed by atoms with van der Waals surface area (Å²) in [5.74, 6) is -0.755. The van der Waals surface area contributed by atoms with Gasteiger partial charge < -0.3 is 10.2 Å². The molecule has 0 aliphatic rings. The molecule has 3 rings (SSSR count). The van der Waals surface area contributed by atoms with E-state index in [1.54, 1.807) is 60.7 Å². The lowest BCUT2D eigenvalue weighted by atomic mass is 10.1. The lowest BCUT2D eigenvalue weighted by molar-refractivity contribution is -0.140. The van der Waals surface area contributed by atoms with Gasteiger partial charge >= 0.3 is 0 Å². The average Bonchev–Trinajstić information content (AvgIpc) is 2.91. The maximum atomic E-state index is 14.1. The zero-order chi connectivity index (χ0) is 29.4. The molecule has 0 fully saturated rings. The summed E-state index contributed by atoms with van der Waals surface area (Å²) in [7, 11) is -4.11. The van der Waals surface area contributed by atoms with Gasteiger partial charge in [-0.05, 0) is 86.7 Å². The van der Waals surface area contributed by atoms with Crippen molar-refractivity contribution in [3.63, 3.8) is 0 Å². The normalized spacial score (nSPS) is 12.1. The van der Waals surface area contributed by atoms with E-state index in [9.17, 15) is 18.0 Å². The van der Waals surface area contributed by atoms with Crippen LogP contribution in [0.4, 0.5) is 5.69 Å². The minimum absolute atomic E-state index is 0.0852. The van der Waals surface area contributed by atoms with Gasteiger partial charge in [-0.1, -0.05) is 61.3 Å². The first-order valence-corrected chi connectivity index (χ1v) is 15.3. The van der Waals surface area contributed by atoms with E-state index in [1.807, 2.05) is 40.7 Å². The third-order valence-corrected chi connectivity index (χ3v) is 8.62. The Kier molecular flexibility index (Phi) is 10.8. The van der Waals surface area contributed by atoms with Crippen LogP contribution in [0, 0.1) is 20.8 Å². The SMILES string of the molecule is CCCNC(=O)[C@@H](CC)N(Cc1ccc(Cl)cc1)C(=O)CN(c1cc(C)cc(C)c1)S(=O)(=O)c1ccc(C)cc1. The second-order valence-electron chi connectivity index (χ2n) is 10.0. The quantitative estimate of drug-likeness (QED) is 0.292. The zero-order valence-corrected chi connectivity index (χ0v) is 25.3. The van der Waals surface area contributed by atoms with Crippen molar-refractivity contribution in [1.82, 2.24) is 10.2 Å². The molecule has 3 aromatic carbocycles. The van der Waals surface area contributed by atoms with Crippen LogP contribution in [-0.4, -0.2) is 44.3 Å². The number of carbonyl (C=O) groups excluding carboxylic acids is 2. The number of carbonyl (C=O) groups is 2. The highest BCUT2D eigenvalue weighted by Crippen LogP contribution is 2.27. The monoisotopic (exact) mass is 583 g/mol. The van der Waals surface area contributed by atoms with Crippen LogP contribution >= 0.6 is 11.6 Å². The summed E-state index contributed by atoms with van der Waals surface area (Å²) in [5, 5.41) is 3.44. The van der Waals surface area contributed by atoms with E-state index in [0.717, 1.165) is 33.0 Å². The van der Waals surface area contributed by atoms with Gasteiger partial charge in [-0.25, -0.2) is 8.42 Å². The number of anilines is 1. The van der Waals surface area contributed by atoms with Gasteiger partial charge in [0.05, 0.1) is 10.6 Å². The number of amides is 2. The molecule has 0 aliphatic heterocycles. The number of rotatable bonds is 12. The van der Waals surface area contributed by atoms with Gasteiger partial charge in [0.2, 0.25) is 11.8 Å². The van der Waals surface area contributed by atoms with E-state index in [-0.39, 0.29) is 17.3 Å². The molecule has 0 bridgehead atoms. The third-order valence-electron chi connectivity index (χ3n) is 6.58. The van der Waals surface area contributed by atoms with E-state index in [4.69, 9.17) is 11.6 Å². The molecule has 0 aliphatic carbocycles. The second-order valence-corrected chi connectivity index (χ2v) is 12.3. The van der Waals surface area contributed by atoms with Crippen molar-refractivity contribution >= 4 is 39.1 Å². The van der Waals surface area contributed by atoms with Crippen molar-refractivity contribution in [1.29, 1.82) is 0 Å². The molecule has 3 aromatic rings. The van der Waals surface area contributed by atoms with Crippen molar-refractivity contribution in [2.24, 2.45) is 0 Å². The van der Waals surface area contributed by atoms with Gasteiger partial charge in [0.15, 0.2) is 0 Å². The van der Waals surface area contributed by atoms with Crippen molar-refractivity contribution in [3.05, 3.63) is 94.0 Å². The first kappa shape index (κ1) is 31.2. The maximum Gasteiger partial charge on any atom is 0.264 e. The highest BCUT2D eigenvalue weighted by Gasteiger charge is 2.33. The van der Waals surface area contributed by atoms with Crippen molar-refractivity contribution in [2.75, 3.05) is 17.4 Å². The number of hydrogen-bond donors (Lipinski definition) is 1. The number of nitrogens with zero attached hydrogens (tertiary/aromatic N) is 2. The molecule has 0 unspecified atom stereocenters. The molecule has 9 heteroatoms. The molecule has 0 radical (unpaired) electrons. The van der Waals surface area contributed by atoms with Crippen LogP contribution in [0.15, 0.2) is 71.6 Å². The van der Waals surface area contributed by atoms with Crippen LogP contribution in [0.5, 0.6) is 0 Å². The predicted octanol–water partition coefficient (Wildman–Crippen LogP) is 5.79. The molecular formula is C31H38ClN3O4S. The Hall–Kier alpha value is -3.36. The highest BCUT2D eigenvalue weighted by molar-refractivity contribution is 7.92. The summed E-state index contributed by atoms with van der Waals surface area (Å²) in [6.07, 6.45) is 1.12. The summed E-state index contributed by atoms with van der Waals surface area (Å²) in [5.41, 5.74) is 3.83. The van der Waals surface area contributed by atoms with Crippen LogP contribution in [0.3, 0.4) is 0 Å². The first-order valence-electron chi connectivity index (χ1n) is 13.5. The predicted molar refractivity (Wildman–Crippen MR) is 161 cm³/mol. The van der Waals surface area contributed by atoms with Crippen molar-refractivity contribution in [2.45, 2.75) is 64.9 Å². The van der Waals surface area contributed by atoms with Gasteiger partial charge in [-0.15, -0.1) is 0 Å². The van der Waals surface area contributed by atoms with E-state index in [0.29, 0.717) is 23.7 Å². The molecular weight excluding hydrogens is 546 g/mol. The van der Waals surface area contributed by atoms with Gasteiger partial charge in [0.1, 0.15) is 12.6 Å². The Balaban J connectivity index is 2.08. The number of benzene rings is 3. The molecule has 214 valence electrons. The summed E-state index contributed by atoms with van der Waals surface area (Å²) >= 11 is 6.07. The number of aryl methyl sites for hydroxylation is 3. The molecule has 0 saturated carbocycles. The number of nitrogens with one attached hydrogen (secondary N) is 1. The lowest BCUT2D eigenvalue weighted by Crippen LogP contribution is -2.52. The summed E-state index contributed by atoms with van der Waals surface area (Å²) in [6.45, 7) is 9.57. The molecule has 2 amide bonds. The molecule has 1 N–H and O–H groups in total. The van der Waals surface area contributed by atoms with Crippen molar-refractivity contribution in [3.8, 4) is 0 Å². The topological polar surface area (TPSA) is 86.8 Å². The zero-order valence-electron chi connectivity index (χ0n) is 23.8. The van der Waals surface area contributed by atoms with Crippen LogP contribution < -0.4 is 9.62 Å². The number of halogens is 1. The average molecular weight is 584 g/mol. The Bertz CT molecular complexity index is 1400. The fourth-order valence-electron chi connectivity index (χ4n) is 4.53. The minimum atomic E-state index is -4.11. The minimum Gasteiger partial charge on any atom is -0.354 e. The number of sulfonamides is 1. The maximum absolute atomic E-state index is 14.1. The summed E-state index contributed by atoms with van der Waals surface area (Å²) in [4.78, 5) is 28.8. The molecule has 0 aromatic heterocycles. The van der Waals surface area contributed by atoms with Gasteiger partial charge in [-0.2, -0.15) is 0 Å².